The molecule has 3 aromatic rings. The number of phenols is 1. The molecule has 0 amide bonds. The number of ether oxygens (including phenoxy) is 1. The normalized spacial score (nSPS) is 11.0. The van der Waals surface area contributed by atoms with Crippen LogP contribution < -0.4 is 5.32 Å². The second-order valence-corrected chi connectivity index (χ2v) is 8.76. The third-order valence-electron chi connectivity index (χ3n) is 4.14. The van der Waals surface area contributed by atoms with Crippen molar-refractivity contribution in [2.45, 2.75) is 20.3 Å². The van der Waals surface area contributed by atoms with E-state index in [4.69, 9.17) is 32.9 Å². The number of hydrogen-bond acceptors (Lipinski definition) is 6. The zero-order chi connectivity index (χ0) is 21.1. The number of anilines is 2. The molecule has 0 fully saturated rings. The molecule has 3 rings (SSSR count). The Labute approximate surface area is 183 Å². The number of benzene rings is 2. The van der Waals surface area contributed by atoms with E-state index in [1.54, 1.807) is 12.1 Å². The number of methoxy groups -OCH3 is 1. The van der Waals surface area contributed by atoms with Crippen molar-refractivity contribution in [3.63, 3.8) is 0 Å². The first-order valence-electron chi connectivity index (χ1n) is 8.92. The number of carbonyl (C=O) groups excluding carboxylic acids is 1. The van der Waals surface area contributed by atoms with E-state index in [2.05, 4.69) is 19.2 Å². The molecular formula is C21H20Cl2N2O3S. The third-order valence-corrected chi connectivity index (χ3v) is 5.87. The molecule has 8 heteroatoms. The van der Waals surface area contributed by atoms with Gasteiger partial charge in [-0.2, -0.15) is 0 Å². The number of carbonyl (C=O) groups is 1. The zero-order valence-electron chi connectivity index (χ0n) is 16.1. The molecule has 2 aromatic carbocycles. The van der Waals surface area contributed by atoms with Crippen molar-refractivity contribution in [2.75, 3.05) is 12.4 Å². The molecule has 0 atom stereocenters. The van der Waals surface area contributed by atoms with Crippen molar-refractivity contribution in [3.8, 4) is 17.0 Å². The summed E-state index contributed by atoms with van der Waals surface area (Å²) in [7, 11) is 1.27. The van der Waals surface area contributed by atoms with Gasteiger partial charge in [0.05, 0.1) is 22.8 Å². The third kappa shape index (κ3) is 5.01. The van der Waals surface area contributed by atoms with Crippen LogP contribution in [0.25, 0.3) is 11.3 Å². The molecule has 1 aromatic heterocycles. The van der Waals surface area contributed by atoms with E-state index < -0.39 is 5.97 Å². The number of esters is 1. The molecule has 2 N–H and O–H groups in total. The van der Waals surface area contributed by atoms with Gasteiger partial charge in [-0.15, -0.1) is 11.3 Å². The van der Waals surface area contributed by atoms with Gasteiger partial charge in [-0.1, -0.05) is 43.1 Å². The number of phenolic OH excluding ortho intramolecular Hbond substituents is 1. The fourth-order valence-electron chi connectivity index (χ4n) is 2.79. The molecule has 0 saturated heterocycles. The maximum absolute atomic E-state index is 11.8. The lowest BCUT2D eigenvalue weighted by atomic mass is 10.0. The number of thiazole rings is 1. The lowest BCUT2D eigenvalue weighted by Crippen LogP contribution is -2.02. The van der Waals surface area contributed by atoms with Gasteiger partial charge in [-0.25, -0.2) is 9.78 Å². The maximum atomic E-state index is 11.8. The number of nitrogens with one attached hydrogen (secondary N) is 1. The topological polar surface area (TPSA) is 71.5 Å². The molecule has 0 spiro atoms. The Morgan fingerprint density at radius 2 is 1.97 bits per heavy atom. The number of rotatable bonds is 6. The predicted molar refractivity (Wildman–Crippen MR) is 119 cm³/mol. The van der Waals surface area contributed by atoms with E-state index in [0.29, 0.717) is 26.8 Å². The number of hydrogen-bond donors (Lipinski definition) is 2. The fraction of sp³-hybridized carbons (Fsp3) is 0.238. The number of halogens is 2. The van der Waals surface area contributed by atoms with Gasteiger partial charge in [-0.3, -0.25) is 0 Å². The van der Waals surface area contributed by atoms with Crippen molar-refractivity contribution in [2.24, 2.45) is 5.92 Å². The van der Waals surface area contributed by atoms with Gasteiger partial charge >= 0.3 is 5.97 Å². The first-order chi connectivity index (χ1) is 13.8. The van der Waals surface area contributed by atoms with Gasteiger partial charge in [0.15, 0.2) is 5.13 Å². The molecule has 152 valence electrons. The zero-order valence-corrected chi connectivity index (χ0v) is 18.5. The molecule has 0 bridgehead atoms. The van der Waals surface area contributed by atoms with E-state index in [9.17, 15) is 9.90 Å². The van der Waals surface area contributed by atoms with Crippen molar-refractivity contribution < 1.29 is 14.6 Å². The van der Waals surface area contributed by atoms with E-state index in [1.807, 2.05) is 12.1 Å². The molecule has 5 nitrogen and oxygen atoms in total. The minimum Gasteiger partial charge on any atom is -0.507 e. The summed E-state index contributed by atoms with van der Waals surface area (Å²) in [4.78, 5) is 17.7. The summed E-state index contributed by atoms with van der Waals surface area (Å²) >= 11 is 13.8. The average Bonchev–Trinajstić information content (AvgIpc) is 3.06. The number of aromatic nitrogens is 1. The lowest BCUT2D eigenvalue weighted by Gasteiger charge is -2.07. The van der Waals surface area contributed by atoms with Crippen LogP contribution in [0.4, 0.5) is 10.8 Å². The Morgan fingerprint density at radius 1 is 1.21 bits per heavy atom. The molecule has 29 heavy (non-hydrogen) atoms. The molecule has 0 radical (unpaired) electrons. The maximum Gasteiger partial charge on any atom is 0.341 e. The summed E-state index contributed by atoms with van der Waals surface area (Å²) < 4.78 is 4.70. The minimum atomic E-state index is -0.609. The van der Waals surface area contributed by atoms with E-state index in [0.717, 1.165) is 22.6 Å². The van der Waals surface area contributed by atoms with Gasteiger partial charge in [0, 0.05) is 16.1 Å². The standard InChI is InChI=1S/C21H20Cl2N2O3S/c1-11(2)8-18-19(12-4-6-15(22)16(23)9-12)25-21(29-18)24-13-5-7-17(26)14(10-13)20(27)28-3/h4-7,9-11,26H,8H2,1-3H3,(H,24,25). The Kier molecular flexibility index (Phi) is 6.67. The summed E-state index contributed by atoms with van der Waals surface area (Å²) in [5.41, 5.74) is 2.44. The fourth-order valence-corrected chi connectivity index (χ4v) is 4.31. The van der Waals surface area contributed by atoms with Crippen LogP contribution in [0.2, 0.25) is 10.0 Å². The van der Waals surface area contributed by atoms with Gasteiger partial charge in [0.1, 0.15) is 11.3 Å². The van der Waals surface area contributed by atoms with Gasteiger partial charge in [0.25, 0.3) is 0 Å². The second kappa shape index (κ2) is 9.03. The number of nitrogens with zero attached hydrogens (tertiary/aromatic N) is 1. The summed E-state index contributed by atoms with van der Waals surface area (Å²) in [6.45, 7) is 4.29. The summed E-state index contributed by atoms with van der Waals surface area (Å²) in [5, 5.41) is 14.7. The number of aromatic hydroxyl groups is 1. The SMILES string of the molecule is COC(=O)c1cc(Nc2nc(-c3ccc(Cl)c(Cl)c3)c(CC(C)C)s2)ccc1O. The summed E-state index contributed by atoms with van der Waals surface area (Å²) in [6.07, 6.45) is 0.859. The summed E-state index contributed by atoms with van der Waals surface area (Å²) in [5.74, 6) is -0.301. The van der Waals surface area contributed by atoms with Crippen molar-refractivity contribution in [1.29, 1.82) is 0 Å². The van der Waals surface area contributed by atoms with Crippen molar-refractivity contribution >= 4 is 51.3 Å². The highest BCUT2D eigenvalue weighted by Crippen LogP contribution is 2.37. The molecule has 0 unspecified atom stereocenters. The molecule has 1 heterocycles. The van der Waals surface area contributed by atoms with E-state index in [-0.39, 0.29) is 11.3 Å². The molecule has 0 aliphatic rings. The summed E-state index contributed by atoms with van der Waals surface area (Å²) in [6, 6.07) is 10.1. The van der Waals surface area contributed by atoms with Crippen LogP contribution >= 0.6 is 34.5 Å². The van der Waals surface area contributed by atoms with E-state index >= 15 is 0 Å². The highest BCUT2D eigenvalue weighted by molar-refractivity contribution is 7.16. The Morgan fingerprint density at radius 3 is 2.62 bits per heavy atom. The van der Waals surface area contributed by atoms with Crippen LogP contribution in [0.15, 0.2) is 36.4 Å². The molecule has 0 saturated carbocycles. The van der Waals surface area contributed by atoms with Crippen LogP contribution in [-0.2, 0) is 11.2 Å². The van der Waals surface area contributed by atoms with Gasteiger partial charge < -0.3 is 15.2 Å². The van der Waals surface area contributed by atoms with Gasteiger partial charge in [-0.05, 0) is 42.7 Å². The molecule has 0 aliphatic heterocycles. The smallest absolute Gasteiger partial charge is 0.341 e. The monoisotopic (exact) mass is 450 g/mol. The predicted octanol–water partition coefficient (Wildman–Crippen LogP) is 6.55. The van der Waals surface area contributed by atoms with Crippen LogP contribution in [0.5, 0.6) is 5.75 Å². The van der Waals surface area contributed by atoms with Crippen LogP contribution in [0.1, 0.15) is 29.1 Å². The van der Waals surface area contributed by atoms with E-state index in [1.165, 1.54) is 30.6 Å². The quantitative estimate of drug-likeness (QED) is 0.328. The first kappa shape index (κ1) is 21.4. The van der Waals surface area contributed by atoms with Gasteiger partial charge in [0.2, 0.25) is 0 Å². The van der Waals surface area contributed by atoms with Crippen molar-refractivity contribution in [1.82, 2.24) is 4.98 Å². The lowest BCUT2D eigenvalue weighted by molar-refractivity contribution is 0.0597. The minimum absolute atomic E-state index is 0.0844. The molecular weight excluding hydrogens is 431 g/mol. The Hall–Kier alpha value is -2.28. The highest BCUT2D eigenvalue weighted by Gasteiger charge is 2.17. The highest BCUT2D eigenvalue weighted by atomic mass is 35.5. The second-order valence-electron chi connectivity index (χ2n) is 6.87. The van der Waals surface area contributed by atoms with Crippen LogP contribution in [0.3, 0.4) is 0 Å². The Balaban J connectivity index is 1.97. The van der Waals surface area contributed by atoms with Crippen LogP contribution in [-0.4, -0.2) is 23.2 Å². The van der Waals surface area contributed by atoms with Crippen molar-refractivity contribution in [3.05, 3.63) is 56.9 Å². The first-order valence-corrected chi connectivity index (χ1v) is 10.5. The average molecular weight is 451 g/mol. The largest absolute Gasteiger partial charge is 0.507 e. The van der Waals surface area contributed by atoms with Crippen LogP contribution in [0, 0.1) is 5.92 Å². The Bertz CT molecular complexity index is 1050. The molecule has 0 aliphatic carbocycles.